The van der Waals surface area contributed by atoms with Crippen molar-refractivity contribution in [3.8, 4) is 0 Å². The van der Waals surface area contributed by atoms with Crippen molar-refractivity contribution in [2.45, 2.75) is 52.5 Å². The van der Waals surface area contributed by atoms with Gasteiger partial charge < -0.3 is 5.11 Å². The molecule has 0 spiro atoms. The van der Waals surface area contributed by atoms with Gasteiger partial charge in [-0.3, -0.25) is 9.69 Å². The summed E-state index contributed by atoms with van der Waals surface area (Å²) < 4.78 is 0. The maximum Gasteiger partial charge on any atom is 0.307 e. The summed E-state index contributed by atoms with van der Waals surface area (Å²) >= 11 is 0. The van der Waals surface area contributed by atoms with Crippen LogP contribution in [-0.4, -0.2) is 35.1 Å². The van der Waals surface area contributed by atoms with E-state index in [0.29, 0.717) is 17.4 Å². The summed E-state index contributed by atoms with van der Waals surface area (Å²) in [5.41, 5.74) is 0.474. The molecule has 1 N–H and O–H groups in total. The molecule has 1 aliphatic heterocycles. The van der Waals surface area contributed by atoms with E-state index in [4.69, 9.17) is 5.11 Å². The Kier molecular flexibility index (Phi) is 3.48. The van der Waals surface area contributed by atoms with E-state index in [-0.39, 0.29) is 5.92 Å². The molecule has 3 nitrogen and oxygen atoms in total. The maximum absolute atomic E-state index is 11.0. The van der Waals surface area contributed by atoms with E-state index in [1.54, 1.807) is 0 Å². The minimum Gasteiger partial charge on any atom is -0.481 e. The van der Waals surface area contributed by atoms with E-state index in [1.165, 1.54) is 19.3 Å². The van der Waals surface area contributed by atoms with Crippen LogP contribution in [0.15, 0.2) is 0 Å². The molecular formula is C14H25NO2. The zero-order valence-electron chi connectivity index (χ0n) is 11.3. The lowest BCUT2D eigenvalue weighted by atomic mass is 9.70. The lowest BCUT2D eigenvalue weighted by molar-refractivity contribution is -0.141. The SMILES string of the molecule is CC1CC(C)(C)CCC1N1CCC(C(=O)O)C1. The molecule has 0 bridgehead atoms. The number of carboxylic acids is 1. The molecule has 3 heteroatoms. The molecule has 3 unspecified atom stereocenters. The third-order valence-electron chi connectivity index (χ3n) is 4.69. The fourth-order valence-corrected chi connectivity index (χ4v) is 3.77. The number of carboxylic acid groups (broad SMARTS) is 1. The number of nitrogens with zero attached hydrogens (tertiary/aromatic N) is 1. The van der Waals surface area contributed by atoms with Gasteiger partial charge in [-0.2, -0.15) is 0 Å². The van der Waals surface area contributed by atoms with Crippen molar-refractivity contribution < 1.29 is 9.90 Å². The zero-order valence-corrected chi connectivity index (χ0v) is 11.3. The number of rotatable bonds is 2. The lowest BCUT2D eigenvalue weighted by Gasteiger charge is -2.43. The number of hydrogen-bond donors (Lipinski definition) is 1. The highest BCUT2D eigenvalue weighted by Gasteiger charge is 2.39. The molecule has 0 radical (unpaired) electrons. The largest absolute Gasteiger partial charge is 0.481 e. The molecule has 0 amide bonds. The minimum absolute atomic E-state index is 0.128. The Morgan fingerprint density at radius 2 is 2.06 bits per heavy atom. The molecule has 2 rings (SSSR count). The standard InChI is InChI=1S/C14H25NO2/c1-10-8-14(2,3)6-4-12(10)15-7-5-11(9-15)13(16)17/h10-12H,4-9H2,1-3H3,(H,16,17). The highest BCUT2D eigenvalue weighted by Crippen LogP contribution is 2.41. The molecule has 1 aliphatic carbocycles. The van der Waals surface area contributed by atoms with E-state index in [2.05, 4.69) is 25.7 Å². The summed E-state index contributed by atoms with van der Waals surface area (Å²) in [4.78, 5) is 13.4. The van der Waals surface area contributed by atoms with Crippen molar-refractivity contribution in [2.75, 3.05) is 13.1 Å². The van der Waals surface area contributed by atoms with E-state index in [0.717, 1.165) is 19.5 Å². The van der Waals surface area contributed by atoms with Crippen LogP contribution in [0.25, 0.3) is 0 Å². The van der Waals surface area contributed by atoms with Crippen LogP contribution < -0.4 is 0 Å². The average molecular weight is 239 g/mol. The van der Waals surface area contributed by atoms with Gasteiger partial charge in [0.2, 0.25) is 0 Å². The third kappa shape index (κ3) is 2.82. The Morgan fingerprint density at radius 3 is 2.59 bits per heavy atom. The van der Waals surface area contributed by atoms with Gasteiger partial charge in [0.05, 0.1) is 5.92 Å². The average Bonchev–Trinajstić information content (AvgIpc) is 2.65. The van der Waals surface area contributed by atoms with E-state index >= 15 is 0 Å². The number of hydrogen-bond acceptors (Lipinski definition) is 2. The van der Waals surface area contributed by atoms with Crippen LogP contribution in [0.1, 0.15) is 46.5 Å². The molecule has 0 aromatic carbocycles. The summed E-state index contributed by atoms with van der Waals surface area (Å²) in [7, 11) is 0. The van der Waals surface area contributed by atoms with Gasteiger partial charge in [0.25, 0.3) is 0 Å². The molecule has 1 saturated carbocycles. The Hall–Kier alpha value is -0.570. The summed E-state index contributed by atoms with van der Waals surface area (Å²) in [6.07, 6.45) is 4.62. The number of likely N-dealkylation sites (tertiary alicyclic amines) is 1. The van der Waals surface area contributed by atoms with E-state index < -0.39 is 5.97 Å². The van der Waals surface area contributed by atoms with Crippen LogP contribution in [-0.2, 0) is 4.79 Å². The summed E-state index contributed by atoms with van der Waals surface area (Å²) in [6.45, 7) is 8.78. The van der Waals surface area contributed by atoms with E-state index in [1.807, 2.05) is 0 Å². The Bertz CT molecular complexity index is 301. The van der Waals surface area contributed by atoms with Gasteiger partial charge in [0, 0.05) is 12.6 Å². The fraction of sp³-hybridized carbons (Fsp3) is 0.929. The normalized spacial score (nSPS) is 38.2. The van der Waals surface area contributed by atoms with Gasteiger partial charge in [-0.1, -0.05) is 20.8 Å². The van der Waals surface area contributed by atoms with Crippen LogP contribution in [0, 0.1) is 17.3 Å². The van der Waals surface area contributed by atoms with Crippen LogP contribution in [0.4, 0.5) is 0 Å². The summed E-state index contributed by atoms with van der Waals surface area (Å²) in [5, 5.41) is 9.05. The van der Waals surface area contributed by atoms with Crippen LogP contribution in [0.3, 0.4) is 0 Å². The summed E-state index contributed by atoms with van der Waals surface area (Å²) in [6, 6.07) is 0.618. The zero-order chi connectivity index (χ0) is 12.6. The molecule has 2 aliphatic rings. The van der Waals surface area contributed by atoms with Crippen LogP contribution in [0.5, 0.6) is 0 Å². The second-order valence-electron chi connectivity index (χ2n) is 6.77. The maximum atomic E-state index is 11.0. The van der Waals surface area contributed by atoms with Crippen molar-refractivity contribution in [3.63, 3.8) is 0 Å². The topological polar surface area (TPSA) is 40.5 Å². The smallest absolute Gasteiger partial charge is 0.307 e. The Balaban J connectivity index is 1.94. The predicted octanol–water partition coefficient (Wildman–Crippen LogP) is 2.61. The highest BCUT2D eigenvalue weighted by molar-refractivity contribution is 5.70. The number of carbonyl (C=O) groups is 1. The third-order valence-corrected chi connectivity index (χ3v) is 4.69. The molecule has 98 valence electrons. The van der Waals surface area contributed by atoms with Gasteiger partial charge >= 0.3 is 5.97 Å². The van der Waals surface area contributed by atoms with Crippen LogP contribution in [0.2, 0.25) is 0 Å². The first-order valence-corrected chi connectivity index (χ1v) is 6.86. The second kappa shape index (κ2) is 4.60. The van der Waals surface area contributed by atoms with Crippen molar-refractivity contribution in [2.24, 2.45) is 17.3 Å². The molecule has 17 heavy (non-hydrogen) atoms. The summed E-state index contributed by atoms with van der Waals surface area (Å²) in [5.74, 6) is -0.0419. The predicted molar refractivity (Wildman–Crippen MR) is 67.9 cm³/mol. The van der Waals surface area contributed by atoms with Crippen LogP contribution >= 0.6 is 0 Å². The van der Waals surface area contributed by atoms with Crippen molar-refractivity contribution >= 4 is 5.97 Å². The lowest BCUT2D eigenvalue weighted by Crippen LogP contribution is -2.44. The molecule has 1 heterocycles. The van der Waals surface area contributed by atoms with Gasteiger partial charge in [-0.05, 0) is 43.6 Å². The molecule has 0 aromatic rings. The monoisotopic (exact) mass is 239 g/mol. The Morgan fingerprint density at radius 1 is 1.35 bits per heavy atom. The first kappa shape index (κ1) is 12.9. The second-order valence-corrected chi connectivity index (χ2v) is 6.77. The molecular weight excluding hydrogens is 214 g/mol. The minimum atomic E-state index is -0.615. The number of aliphatic carboxylic acids is 1. The fourth-order valence-electron chi connectivity index (χ4n) is 3.77. The van der Waals surface area contributed by atoms with Crippen molar-refractivity contribution in [1.82, 2.24) is 4.90 Å². The first-order valence-electron chi connectivity index (χ1n) is 6.86. The quantitative estimate of drug-likeness (QED) is 0.805. The van der Waals surface area contributed by atoms with Gasteiger partial charge in [-0.15, -0.1) is 0 Å². The molecule has 3 atom stereocenters. The van der Waals surface area contributed by atoms with Gasteiger partial charge in [0.15, 0.2) is 0 Å². The van der Waals surface area contributed by atoms with Gasteiger partial charge in [0.1, 0.15) is 0 Å². The molecule has 2 fully saturated rings. The van der Waals surface area contributed by atoms with E-state index in [9.17, 15) is 4.79 Å². The molecule has 0 aromatic heterocycles. The van der Waals surface area contributed by atoms with Crippen molar-refractivity contribution in [1.29, 1.82) is 0 Å². The molecule has 1 saturated heterocycles. The van der Waals surface area contributed by atoms with Crippen molar-refractivity contribution in [3.05, 3.63) is 0 Å². The first-order chi connectivity index (χ1) is 7.89. The highest BCUT2D eigenvalue weighted by atomic mass is 16.4. The Labute approximate surface area is 104 Å². The van der Waals surface area contributed by atoms with Gasteiger partial charge in [-0.25, -0.2) is 0 Å².